The highest BCUT2D eigenvalue weighted by molar-refractivity contribution is 7.25. The number of para-hydroxylation sites is 1. The van der Waals surface area contributed by atoms with Gasteiger partial charge in [-0.15, -0.1) is 11.3 Å². The van der Waals surface area contributed by atoms with Crippen molar-refractivity contribution in [2.45, 2.75) is 44.9 Å². The van der Waals surface area contributed by atoms with Crippen molar-refractivity contribution in [1.29, 1.82) is 0 Å². The molecule has 1 nitrogen and oxygen atoms in total. The molecule has 9 aromatic rings. The number of thiophene rings is 1. The van der Waals surface area contributed by atoms with Crippen LogP contribution in [-0.2, 0) is 10.8 Å². The molecule has 1 aromatic heterocycles. The molecule has 1 aliphatic carbocycles. The largest absolute Gasteiger partial charge is 0.310 e. The molecule has 0 atom stereocenters. The summed E-state index contributed by atoms with van der Waals surface area (Å²) in [6.07, 6.45) is 1.18. The highest BCUT2D eigenvalue weighted by atomic mass is 32.1. The summed E-state index contributed by atoms with van der Waals surface area (Å²) in [6.45, 7) is 9.55. The number of hydrogen-bond acceptors (Lipinski definition) is 2. The normalized spacial score (nSPS) is 14.2. The molecule has 0 unspecified atom stereocenters. The van der Waals surface area contributed by atoms with Crippen LogP contribution < -0.4 is 4.90 Å². The fourth-order valence-electron chi connectivity index (χ4n) is 9.52. The molecule has 0 amide bonds. The second kappa shape index (κ2) is 13.8. The minimum Gasteiger partial charge on any atom is -0.310 e. The summed E-state index contributed by atoms with van der Waals surface area (Å²) in [5.41, 5.74) is 16.5. The van der Waals surface area contributed by atoms with Gasteiger partial charge in [-0.3, -0.25) is 0 Å². The van der Waals surface area contributed by atoms with E-state index in [0.717, 1.165) is 17.1 Å². The predicted molar refractivity (Wildman–Crippen MR) is 246 cm³/mol. The summed E-state index contributed by atoms with van der Waals surface area (Å²) in [7, 11) is 0. The van der Waals surface area contributed by atoms with Crippen LogP contribution >= 0.6 is 11.3 Å². The van der Waals surface area contributed by atoms with Crippen LogP contribution in [0.2, 0.25) is 0 Å². The highest BCUT2D eigenvalue weighted by Crippen LogP contribution is 2.50. The SMILES string of the molecule is CC1(C)CC(C)(C)c2cc(-c3ccc(-c4cccc(N(c5ccc(-c6ccc7sc8ccccc8c7c6)cc5)c5ccccc5-c5ccccc5)c4)cc3)ccc21. The molecule has 10 rings (SSSR count). The lowest BCUT2D eigenvalue weighted by Gasteiger charge is -2.28. The Bertz CT molecular complexity index is 2910. The van der Waals surface area contributed by atoms with E-state index in [1.54, 1.807) is 0 Å². The molecule has 0 N–H and O–H groups in total. The molecular weight excluding hydrogens is 707 g/mol. The highest BCUT2D eigenvalue weighted by Gasteiger charge is 2.41. The molecule has 0 aliphatic heterocycles. The van der Waals surface area contributed by atoms with Crippen LogP contribution in [0, 0.1) is 0 Å². The van der Waals surface area contributed by atoms with Crippen molar-refractivity contribution in [3.8, 4) is 44.5 Å². The van der Waals surface area contributed by atoms with E-state index in [-0.39, 0.29) is 10.8 Å². The third-order valence-electron chi connectivity index (χ3n) is 12.1. The topological polar surface area (TPSA) is 3.24 Å². The second-order valence-electron chi connectivity index (χ2n) is 16.9. The smallest absolute Gasteiger partial charge is 0.0540 e. The summed E-state index contributed by atoms with van der Waals surface area (Å²) >= 11 is 1.86. The van der Waals surface area contributed by atoms with E-state index in [4.69, 9.17) is 0 Å². The van der Waals surface area contributed by atoms with E-state index in [1.807, 2.05) is 11.3 Å². The molecule has 0 spiro atoms. The van der Waals surface area contributed by atoms with Gasteiger partial charge >= 0.3 is 0 Å². The van der Waals surface area contributed by atoms with E-state index >= 15 is 0 Å². The molecule has 1 heterocycles. The minimum atomic E-state index is 0.175. The Morgan fingerprint density at radius 3 is 1.72 bits per heavy atom. The molecule has 0 radical (unpaired) electrons. The van der Waals surface area contributed by atoms with Gasteiger partial charge in [-0.1, -0.05) is 167 Å². The summed E-state index contributed by atoms with van der Waals surface area (Å²) in [4.78, 5) is 2.41. The molecule has 276 valence electrons. The van der Waals surface area contributed by atoms with Crippen LogP contribution in [0.15, 0.2) is 188 Å². The van der Waals surface area contributed by atoms with Crippen LogP contribution in [0.4, 0.5) is 17.1 Å². The fourth-order valence-corrected chi connectivity index (χ4v) is 10.6. The van der Waals surface area contributed by atoms with Gasteiger partial charge in [0.05, 0.1) is 5.69 Å². The van der Waals surface area contributed by atoms with E-state index < -0.39 is 0 Å². The zero-order valence-corrected chi connectivity index (χ0v) is 33.8. The number of fused-ring (bicyclic) bond motifs is 4. The van der Waals surface area contributed by atoms with Crippen LogP contribution in [0.5, 0.6) is 0 Å². The van der Waals surface area contributed by atoms with Gasteiger partial charge in [-0.2, -0.15) is 0 Å². The predicted octanol–water partition coefficient (Wildman–Crippen LogP) is 16.2. The maximum absolute atomic E-state index is 2.44. The maximum atomic E-state index is 2.44. The zero-order chi connectivity index (χ0) is 38.7. The van der Waals surface area contributed by atoms with Crippen LogP contribution in [-0.4, -0.2) is 0 Å². The molecule has 57 heavy (non-hydrogen) atoms. The van der Waals surface area contributed by atoms with Gasteiger partial charge in [0, 0.05) is 37.1 Å². The van der Waals surface area contributed by atoms with Gasteiger partial charge in [0.15, 0.2) is 0 Å². The van der Waals surface area contributed by atoms with Gasteiger partial charge in [0.25, 0.3) is 0 Å². The van der Waals surface area contributed by atoms with Gasteiger partial charge in [0.1, 0.15) is 0 Å². The molecule has 2 heteroatoms. The Hall–Kier alpha value is -6.22. The second-order valence-corrected chi connectivity index (χ2v) is 18.0. The number of rotatable bonds is 7. The van der Waals surface area contributed by atoms with E-state index in [9.17, 15) is 0 Å². The van der Waals surface area contributed by atoms with Gasteiger partial charge in [-0.25, -0.2) is 0 Å². The average Bonchev–Trinajstić information content (AvgIpc) is 3.71. The summed E-state index contributed by atoms with van der Waals surface area (Å²) in [5.74, 6) is 0. The van der Waals surface area contributed by atoms with Crippen molar-refractivity contribution in [2.75, 3.05) is 4.90 Å². The number of benzene rings is 8. The summed E-state index contributed by atoms with van der Waals surface area (Å²) in [5, 5.41) is 2.64. The zero-order valence-electron chi connectivity index (χ0n) is 33.0. The first kappa shape index (κ1) is 35.2. The van der Waals surface area contributed by atoms with Gasteiger partial charge < -0.3 is 4.90 Å². The van der Waals surface area contributed by atoms with Crippen LogP contribution in [0.25, 0.3) is 64.7 Å². The van der Waals surface area contributed by atoms with Crippen molar-refractivity contribution in [2.24, 2.45) is 0 Å². The Labute approximate surface area is 340 Å². The standard InChI is InChI=1S/C55H45NS/c1-54(2)36-55(3,4)50-35-43(27-31-49(50)54)38-23-21-37(22-24-38)41-15-12-16-45(33-41)56(51-19-10-8-17-46(51)40-13-6-5-7-14-40)44-29-25-39(26-30-44)42-28-32-53-48(34-42)47-18-9-11-20-52(47)57-53/h5-35H,36H2,1-4H3. The van der Waals surface area contributed by atoms with Crippen molar-refractivity contribution in [1.82, 2.24) is 0 Å². The lowest BCUT2D eigenvalue weighted by atomic mass is 9.82. The van der Waals surface area contributed by atoms with E-state index in [2.05, 4.69) is 221 Å². The lowest BCUT2D eigenvalue weighted by molar-refractivity contribution is 0.403. The van der Waals surface area contributed by atoms with Crippen molar-refractivity contribution in [3.05, 3.63) is 199 Å². The first-order valence-electron chi connectivity index (χ1n) is 20.0. The first-order valence-corrected chi connectivity index (χ1v) is 20.9. The summed E-state index contributed by atoms with van der Waals surface area (Å²) in [6, 6.07) is 69.4. The van der Waals surface area contributed by atoms with E-state index in [0.29, 0.717) is 0 Å². The van der Waals surface area contributed by atoms with Crippen molar-refractivity contribution >= 4 is 48.6 Å². The molecule has 8 aromatic carbocycles. The number of hydrogen-bond donors (Lipinski definition) is 0. The van der Waals surface area contributed by atoms with Crippen molar-refractivity contribution < 1.29 is 0 Å². The Morgan fingerprint density at radius 2 is 0.947 bits per heavy atom. The average molecular weight is 752 g/mol. The van der Waals surface area contributed by atoms with Gasteiger partial charge in [-0.05, 0) is 116 Å². The first-order chi connectivity index (χ1) is 27.7. The molecular formula is C55H45NS. The van der Waals surface area contributed by atoms with E-state index in [1.165, 1.54) is 82.2 Å². The lowest BCUT2D eigenvalue weighted by Crippen LogP contribution is -2.17. The maximum Gasteiger partial charge on any atom is 0.0540 e. The molecule has 0 bridgehead atoms. The summed E-state index contributed by atoms with van der Waals surface area (Å²) < 4.78 is 2.66. The number of anilines is 3. The molecule has 0 fully saturated rings. The Morgan fingerprint density at radius 1 is 0.386 bits per heavy atom. The van der Waals surface area contributed by atoms with Crippen LogP contribution in [0.1, 0.15) is 45.2 Å². The Kier molecular flexibility index (Phi) is 8.50. The fraction of sp³-hybridized carbons (Fsp3) is 0.127. The van der Waals surface area contributed by atoms with Crippen molar-refractivity contribution in [3.63, 3.8) is 0 Å². The third-order valence-corrected chi connectivity index (χ3v) is 13.2. The molecule has 0 saturated heterocycles. The third kappa shape index (κ3) is 6.35. The Balaban J connectivity index is 1.03. The monoisotopic (exact) mass is 751 g/mol. The minimum absolute atomic E-state index is 0.175. The van der Waals surface area contributed by atoms with Crippen LogP contribution in [0.3, 0.4) is 0 Å². The quantitative estimate of drug-likeness (QED) is 0.157. The molecule has 0 saturated carbocycles. The van der Waals surface area contributed by atoms with Gasteiger partial charge in [0.2, 0.25) is 0 Å². The number of nitrogens with zero attached hydrogens (tertiary/aromatic N) is 1. The molecule has 1 aliphatic rings.